The predicted octanol–water partition coefficient (Wildman–Crippen LogP) is 1.95. The van der Waals surface area contributed by atoms with E-state index >= 15 is 0 Å². The minimum Gasteiger partial charge on any atom is -0.492 e. The molecule has 9 heteroatoms. The Bertz CT molecular complexity index is 1110. The maximum absolute atomic E-state index is 12.5. The van der Waals surface area contributed by atoms with Crippen molar-refractivity contribution in [2.24, 2.45) is 17.6 Å². The summed E-state index contributed by atoms with van der Waals surface area (Å²) in [5.74, 6) is 1.12. The zero-order chi connectivity index (χ0) is 22.9. The van der Waals surface area contributed by atoms with Gasteiger partial charge in [0.05, 0.1) is 24.3 Å². The van der Waals surface area contributed by atoms with Crippen LogP contribution in [0.15, 0.2) is 15.7 Å². The van der Waals surface area contributed by atoms with Gasteiger partial charge in [-0.1, -0.05) is 0 Å². The molecular formula is C22H32N6O3. The van der Waals surface area contributed by atoms with Crippen LogP contribution < -0.4 is 32.4 Å². The molecule has 4 rings (SSSR count). The van der Waals surface area contributed by atoms with Gasteiger partial charge in [0.25, 0.3) is 5.56 Å². The Balaban J connectivity index is 0.000000491. The molecule has 2 heterocycles. The Morgan fingerprint density at radius 2 is 1.90 bits per heavy atom. The number of rotatable bonds is 4. The molecule has 5 N–H and O–H groups in total. The first-order valence-electron chi connectivity index (χ1n) is 10.7. The normalized spacial score (nSPS) is 19.1. The Hall–Kier alpha value is -2.99. The van der Waals surface area contributed by atoms with Gasteiger partial charge < -0.3 is 21.1 Å². The molecule has 2 aromatic rings. The van der Waals surface area contributed by atoms with E-state index in [0.29, 0.717) is 28.3 Å². The number of hydrogen-bond donors (Lipinski definition) is 3. The molecule has 1 saturated carbocycles. The van der Waals surface area contributed by atoms with Crippen LogP contribution in [-0.2, 0) is 0 Å². The second kappa shape index (κ2) is 9.02. The lowest BCUT2D eigenvalue weighted by atomic mass is 10.0. The van der Waals surface area contributed by atoms with E-state index in [-0.39, 0.29) is 18.0 Å². The lowest BCUT2D eigenvalue weighted by Gasteiger charge is -2.25. The third-order valence-electron chi connectivity index (χ3n) is 5.86. The van der Waals surface area contributed by atoms with E-state index in [1.165, 1.54) is 0 Å². The fourth-order valence-electron chi connectivity index (χ4n) is 4.00. The monoisotopic (exact) mass is 428 g/mol. The third kappa shape index (κ3) is 4.54. The molecular weight excluding hydrogens is 396 g/mol. The van der Waals surface area contributed by atoms with Crippen molar-refractivity contribution >= 4 is 22.3 Å². The van der Waals surface area contributed by atoms with Crippen LogP contribution in [0.4, 0.5) is 11.4 Å². The number of aromatic nitrogens is 2. The van der Waals surface area contributed by atoms with Crippen LogP contribution in [0, 0.1) is 23.2 Å². The summed E-state index contributed by atoms with van der Waals surface area (Å²) in [5, 5.41) is 8.21. The molecule has 1 aromatic heterocycles. The second-order valence-electron chi connectivity index (χ2n) is 8.74. The van der Waals surface area contributed by atoms with E-state index in [9.17, 15) is 9.59 Å². The molecule has 2 aliphatic rings. The van der Waals surface area contributed by atoms with E-state index in [1.807, 2.05) is 26.8 Å². The largest absolute Gasteiger partial charge is 0.492 e. The Morgan fingerprint density at radius 3 is 2.39 bits per heavy atom. The van der Waals surface area contributed by atoms with Gasteiger partial charge in [-0.2, -0.15) is 5.26 Å². The summed E-state index contributed by atoms with van der Waals surface area (Å²) < 4.78 is 7.34. The number of H-pyrrole nitrogens is 1. The molecule has 0 amide bonds. The van der Waals surface area contributed by atoms with Crippen molar-refractivity contribution in [1.29, 1.82) is 5.26 Å². The first-order valence-corrected chi connectivity index (χ1v) is 10.7. The number of nitrogens with two attached hydrogens (primary N) is 2. The van der Waals surface area contributed by atoms with Gasteiger partial charge in [0, 0.05) is 36.8 Å². The number of hydrogen-bond acceptors (Lipinski definition) is 7. The Labute approximate surface area is 181 Å². The molecule has 2 atom stereocenters. The number of benzene rings is 1. The molecule has 1 aliphatic heterocycles. The van der Waals surface area contributed by atoms with E-state index < -0.39 is 11.2 Å². The molecule has 2 fully saturated rings. The molecule has 1 saturated heterocycles. The van der Waals surface area contributed by atoms with E-state index in [2.05, 4.69) is 9.88 Å². The lowest BCUT2D eigenvalue weighted by molar-refractivity contribution is 0.416. The van der Waals surface area contributed by atoms with Crippen molar-refractivity contribution in [2.45, 2.75) is 52.1 Å². The number of anilines is 2. The minimum atomic E-state index is -0.473. The van der Waals surface area contributed by atoms with E-state index in [1.54, 1.807) is 17.7 Å². The highest BCUT2D eigenvalue weighted by Gasteiger charge is 2.32. The van der Waals surface area contributed by atoms with Crippen molar-refractivity contribution in [1.82, 2.24) is 9.55 Å². The van der Waals surface area contributed by atoms with Gasteiger partial charge in [0.15, 0.2) is 5.75 Å². The maximum Gasteiger partial charge on any atom is 0.329 e. The van der Waals surface area contributed by atoms with Crippen LogP contribution in [-0.4, -0.2) is 35.8 Å². The third-order valence-corrected chi connectivity index (χ3v) is 5.86. The molecule has 1 aromatic carbocycles. The zero-order valence-electron chi connectivity index (χ0n) is 18.6. The number of aromatic amines is 1. The van der Waals surface area contributed by atoms with Crippen molar-refractivity contribution in [3.8, 4) is 11.8 Å². The molecule has 2 unspecified atom stereocenters. The topological polar surface area (TPSA) is 143 Å². The van der Waals surface area contributed by atoms with E-state index in [4.69, 9.17) is 21.5 Å². The van der Waals surface area contributed by atoms with Crippen LogP contribution in [0.1, 0.15) is 46.1 Å². The van der Waals surface area contributed by atoms with Crippen molar-refractivity contribution in [3.63, 3.8) is 0 Å². The fraction of sp³-hybridized carbons (Fsp3) is 0.591. The lowest BCUT2D eigenvalue weighted by Crippen LogP contribution is -2.32. The second-order valence-corrected chi connectivity index (χ2v) is 8.74. The van der Waals surface area contributed by atoms with Gasteiger partial charge in [-0.25, -0.2) is 4.79 Å². The van der Waals surface area contributed by atoms with Gasteiger partial charge in [-0.05, 0) is 52.0 Å². The first-order chi connectivity index (χ1) is 14.7. The molecule has 9 nitrogen and oxygen atoms in total. The van der Waals surface area contributed by atoms with Gasteiger partial charge in [0.1, 0.15) is 5.52 Å². The van der Waals surface area contributed by atoms with Gasteiger partial charge in [0.2, 0.25) is 0 Å². The Morgan fingerprint density at radius 1 is 1.26 bits per heavy atom. The van der Waals surface area contributed by atoms with Gasteiger partial charge >= 0.3 is 5.69 Å². The number of nitrogens with zero attached hydrogens (tertiary/aromatic N) is 3. The minimum absolute atomic E-state index is 0.0841. The summed E-state index contributed by atoms with van der Waals surface area (Å²) in [6.45, 7) is 7.38. The fourth-order valence-corrected chi connectivity index (χ4v) is 4.00. The number of fused-ring (bicyclic) bond motifs is 1. The van der Waals surface area contributed by atoms with Crippen molar-refractivity contribution in [2.75, 3.05) is 30.8 Å². The van der Waals surface area contributed by atoms with Crippen LogP contribution in [0.5, 0.6) is 5.75 Å². The molecule has 0 spiro atoms. The number of ether oxygens (including phenoxy) is 1. The highest BCUT2D eigenvalue weighted by atomic mass is 16.5. The number of methoxy groups -OCH3 is 1. The van der Waals surface area contributed by atoms with Gasteiger partial charge in [-0.3, -0.25) is 14.3 Å². The highest BCUT2D eigenvalue weighted by Crippen LogP contribution is 2.43. The summed E-state index contributed by atoms with van der Waals surface area (Å²) in [4.78, 5) is 29.5. The average molecular weight is 429 g/mol. The van der Waals surface area contributed by atoms with Crippen LogP contribution in [0.25, 0.3) is 10.9 Å². The first kappa shape index (κ1) is 22.7. The van der Waals surface area contributed by atoms with Crippen LogP contribution in [0.3, 0.4) is 0 Å². The molecule has 168 valence electrons. The van der Waals surface area contributed by atoms with Crippen molar-refractivity contribution < 1.29 is 4.74 Å². The molecule has 0 bridgehead atoms. The summed E-state index contributed by atoms with van der Waals surface area (Å²) in [6.07, 6.45) is 2.80. The number of nitrogens with one attached hydrogen (secondary N) is 1. The molecule has 31 heavy (non-hydrogen) atoms. The standard InChI is InChI=1S/C18H25N5O3.C4H7N/c1-9(19)10-5-6-22(8-10)13-7-12(20)14-15(16(13)26-2)23(11-3-4-11)18(25)21-17(14)24;1-4(2)3-5/h7,9-11H,3-6,8,19-20H2,1-2H3,(H,21,24,25);4H,1-2H3. The maximum atomic E-state index is 12.5. The Kier molecular flexibility index (Phi) is 6.60. The van der Waals surface area contributed by atoms with Gasteiger partial charge in [-0.15, -0.1) is 0 Å². The molecule has 1 aliphatic carbocycles. The van der Waals surface area contributed by atoms with Crippen molar-refractivity contribution in [3.05, 3.63) is 26.9 Å². The summed E-state index contributed by atoms with van der Waals surface area (Å²) >= 11 is 0. The summed E-state index contributed by atoms with van der Waals surface area (Å²) in [6, 6.07) is 4.00. The number of nitrogen functional groups attached to an aromatic ring is 1. The predicted molar refractivity (Wildman–Crippen MR) is 122 cm³/mol. The number of nitriles is 1. The SMILES string of the molecule is CC(C)C#N.COc1c(N2CCC(C(C)N)C2)cc(N)c2c(=O)[nH]c(=O)n(C3CC3)c12. The van der Waals surface area contributed by atoms with E-state index in [0.717, 1.165) is 38.0 Å². The highest BCUT2D eigenvalue weighted by molar-refractivity contribution is 5.99. The summed E-state index contributed by atoms with van der Waals surface area (Å²) in [7, 11) is 1.57. The smallest absolute Gasteiger partial charge is 0.329 e. The van der Waals surface area contributed by atoms with Crippen LogP contribution >= 0.6 is 0 Å². The summed E-state index contributed by atoms with van der Waals surface area (Å²) in [5.41, 5.74) is 13.1. The quantitative estimate of drug-likeness (QED) is 0.632. The van der Waals surface area contributed by atoms with Crippen LogP contribution in [0.2, 0.25) is 0 Å². The molecule has 0 radical (unpaired) electrons. The average Bonchev–Trinajstić information content (AvgIpc) is 3.41. The zero-order valence-corrected chi connectivity index (χ0v) is 18.6.